The third kappa shape index (κ3) is 2.09. The summed E-state index contributed by atoms with van der Waals surface area (Å²) >= 11 is 0. The number of piperidine rings is 1. The smallest absolute Gasteiger partial charge is 0.121 e. The van der Waals surface area contributed by atoms with Gasteiger partial charge in [0.15, 0.2) is 0 Å². The quantitative estimate of drug-likeness (QED) is 0.700. The van der Waals surface area contributed by atoms with Crippen LogP contribution >= 0.6 is 0 Å². The molecule has 0 bridgehead atoms. The Labute approximate surface area is 86.6 Å². The molecule has 1 fully saturated rings. The maximum Gasteiger partial charge on any atom is 0.121 e. The first-order valence-corrected chi connectivity index (χ1v) is 5.40. The first-order valence-electron chi connectivity index (χ1n) is 5.40. The van der Waals surface area contributed by atoms with Gasteiger partial charge in [-0.3, -0.25) is 4.90 Å². The second-order valence-corrected chi connectivity index (χ2v) is 5.36. The number of alkyl halides is 1. The van der Waals surface area contributed by atoms with Crippen molar-refractivity contribution in [1.82, 2.24) is 4.90 Å². The predicted molar refractivity (Wildman–Crippen MR) is 57.9 cm³/mol. The zero-order valence-corrected chi connectivity index (χ0v) is 9.92. The first-order chi connectivity index (χ1) is 6.25. The largest absolute Gasteiger partial charge is 0.327 e. The molecule has 0 amide bonds. The van der Waals surface area contributed by atoms with Crippen molar-refractivity contribution in [1.29, 1.82) is 0 Å². The standard InChI is InChI=1S/C11H23FN2/c1-7-6-14(5)10(11(3,4)12)8(2)9(7)13/h7-10H,6,13H2,1-5H3. The van der Waals surface area contributed by atoms with E-state index in [0.717, 1.165) is 6.54 Å². The molecular weight excluding hydrogens is 179 g/mol. The second-order valence-electron chi connectivity index (χ2n) is 5.36. The van der Waals surface area contributed by atoms with Gasteiger partial charge in [-0.2, -0.15) is 0 Å². The Morgan fingerprint density at radius 2 is 1.86 bits per heavy atom. The Kier molecular flexibility index (Phi) is 3.22. The number of likely N-dealkylation sites (tertiary alicyclic amines) is 1. The van der Waals surface area contributed by atoms with Gasteiger partial charge >= 0.3 is 0 Å². The summed E-state index contributed by atoms with van der Waals surface area (Å²) in [7, 11) is 1.99. The van der Waals surface area contributed by atoms with E-state index in [9.17, 15) is 4.39 Å². The number of rotatable bonds is 1. The number of halogens is 1. The lowest BCUT2D eigenvalue weighted by Crippen LogP contribution is -2.61. The van der Waals surface area contributed by atoms with Crippen LogP contribution in [0.25, 0.3) is 0 Å². The van der Waals surface area contributed by atoms with Gasteiger partial charge in [-0.05, 0) is 32.7 Å². The van der Waals surface area contributed by atoms with Gasteiger partial charge in [0, 0.05) is 18.6 Å². The molecule has 0 saturated carbocycles. The molecule has 0 spiro atoms. The Hall–Kier alpha value is -0.150. The molecule has 14 heavy (non-hydrogen) atoms. The van der Waals surface area contributed by atoms with Crippen molar-refractivity contribution < 1.29 is 4.39 Å². The predicted octanol–water partition coefficient (Wildman–Crippen LogP) is 1.65. The van der Waals surface area contributed by atoms with Gasteiger partial charge in [0.2, 0.25) is 0 Å². The maximum absolute atomic E-state index is 14.0. The number of hydrogen-bond acceptors (Lipinski definition) is 2. The van der Waals surface area contributed by atoms with Crippen LogP contribution in [0.15, 0.2) is 0 Å². The molecule has 3 heteroatoms. The molecule has 2 N–H and O–H groups in total. The van der Waals surface area contributed by atoms with Crippen molar-refractivity contribution >= 4 is 0 Å². The van der Waals surface area contributed by atoms with Crippen LogP contribution in [-0.2, 0) is 0 Å². The average molecular weight is 202 g/mol. The van der Waals surface area contributed by atoms with E-state index in [4.69, 9.17) is 5.73 Å². The molecule has 84 valence electrons. The molecule has 2 nitrogen and oxygen atoms in total. The topological polar surface area (TPSA) is 29.3 Å². The molecule has 0 radical (unpaired) electrons. The average Bonchev–Trinajstić information content (AvgIpc) is 1.97. The second kappa shape index (κ2) is 3.78. The molecule has 0 aromatic carbocycles. The fourth-order valence-corrected chi connectivity index (χ4v) is 2.97. The van der Waals surface area contributed by atoms with Gasteiger partial charge in [0.25, 0.3) is 0 Å². The fourth-order valence-electron chi connectivity index (χ4n) is 2.97. The van der Waals surface area contributed by atoms with Gasteiger partial charge in [-0.15, -0.1) is 0 Å². The van der Waals surface area contributed by atoms with Crippen molar-refractivity contribution in [3.05, 3.63) is 0 Å². The van der Waals surface area contributed by atoms with Crippen molar-refractivity contribution in [2.75, 3.05) is 13.6 Å². The number of nitrogens with zero attached hydrogens (tertiary/aromatic N) is 1. The van der Waals surface area contributed by atoms with E-state index < -0.39 is 5.67 Å². The summed E-state index contributed by atoms with van der Waals surface area (Å²) in [6, 6.07) is 0.0555. The first kappa shape index (κ1) is 11.9. The van der Waals surface area contributed by atoms with Crippen LogP contribution in [0, 0.1) is 11.8 Å². The molecule has 1 saturated heterocycles. The maximum atomic E-state index is 14.0. The lowest BCUT2D eigenvalue weighted by atomic mass is 9.76. The SMILES string of the molecule is CC1CN(C)C(C(C)(C)F)C(C)C1N. The van der Waals surface area contributed by atoms with Gasteiger partial charge in [0.05, 0.1) is 0 Å². The number of nitrogens with two attached hydrogens (primary N) is 1. The van der Waals surface area contributed by atoms with E-state index >= 15 is 0 Å². The molecule has 1 rings (SSSR count). The minimum atomic E-state index is -1.17. The van der Waals surface area contributed by atoms with Crippen LogP contribution in [0.5, 0.6) is 0 Å². The lowest BCUT2D eigenvalue weighted by molar-refractivity contribution is -0.0194. The summed E-state index contributed by atoms with van der Waals surface area (Å²) in [5, 5.41) is 0. The highest BCUT2D eigenvalue weighted by Gasteiger charge is 2.44. The molecular formula is C11H23FN2. The minimum absolute atomic E-state index is 0.0614. The van der Waals surface area contributed by atoms with Crippen molar-refractivity contribution in [3.8, 4) is 0 Å². The van der Waals surface area contributed by atoms with Gasteiger partial charge in [0.1, 0.15) is 5.67 Å². The summed E-state index contributed by atoms with van der Waals surface area (Å²) in [6.45, 7) is 8.38. The summed E-state index contributed by atoms with van der Waals surface area (Å²) < 4.78 is 14.0. The zero-order valence-electron chi connectivity index (χ0n) is 9.92. The highest BCUT2D eigenvalue weighted by atomic mass is 19.1. The van der Waals surface area contributed by atoms with Crippen LogP contribution in [0.4, 0.5) is 4.39 Å². The van der Waals surface area contributed by atoms with E-state index in [2.05, 4.69) is 18.7 Å². The lowest BCUT2D eigenvalue weighted by Gasteiger charge is -2.48. The van der Waals surface area contributed by atoms with Gasteiger partial charge in [-0.25, -0.2) is 4.39 Å². The highest BCUT2D eigenvalue weighted by Crippen LogP contribution is 2.33. The van der Waals surface area contributed by atoms with Crippen LogP contribution in [0.2, 0.25) is 0 Å². The molecule has 0 aromatic rings. The van der Waals surface area contributed by atoms with E-state index in [1.165, 1.54) is 0 Å². The fraction of sp³-hybridized carbons (Fsp3) is 1.00. The van der Waals surface area contributed by atoms with Gasteiger partial charge < -0.3 is 5.73 Å². The Morgan fingerprint density at radius 3 is 2.29 bits per heavy atom. The molecule has 4 unspecified atom stereocenters. The van der Waals surface area contributed by atoms with E-state index in [-0.39, 0.29) is 18.0 Å². The third-order valence-electron chi connectivity index (χ3n) is 3.52. The van der Waals surface area contributed by atoms with Crippen LogP contribution in [-0.4, -0.2) is 36.2 Å². The normalized spacial score (nSPS) is 41.4. The van der Waals surface area contributed by atoms with Crippen LogP contribution < -0.4 is 5.73 Å². The molecule has 4 atom stereocenters. The van der Waals surface area contributed by atoms with Gasteiger partial charge in [-0.1, -0.05) is 13.8 Å². The summed E-state index contributed by atoms with van der Waals surface area (Å²) in [6.07, 6.45) is 0. The summed E-state index contributed by atoms with van der Waals surface area (Å²) in [5.74, 6) is 0.664. The molecule has 1 aliphatic rings. The highest BCUT2D eigenvalue weighted by molar-refractivity contribution is 4.98. The summed E-state index contributed by atoms with van der Waals surface area (Å²) in [4.78, 5) is 2.11. The van der Waals surface area contributed by atoms with Crippen LogP contribution in [0.1, 0.15) is 27.7 Å². The molecule has 0 aromatic heterocycles. The minimum Gasteiger partial charge on any atom is -0.327 e. The van der Waals surface area contributed by atoms with E-state index in [1.54, 1.807) is 13.8 Å². The molecule has 0 aliphatic carbocycles. The monoisotopic (exact) mass is 202 g/mol. The van der Waals surface area contributed by atoms with E-state index in [1.807, 2.05) is 7.05 Å². The van der Waals surface area contributed by atoms with Crippen LogP contribution in [0.3, 0.4) is 0 Å². The molecule has 1 heterocycles. The zero-order chi connectivity index (χ0) is 11.1. The Balaban J connectivity index is 2.85. The van der Waals surface area contributed by atoms with Crippen molar-refractivity contribution in [2.45, 2.75) is 45.4 Å². The van der Waals surface area contributed by atoms with Crippen molar-refractivity contribution in [2.24, 2.45) is 17.6 Å². The molecule has 1 aliphatic heterocycles. The third-order valence-corrected chi connectivity index (χ3v) is 3.52. The Bertz CT molecular complexity index is 200. The Morgan fingerprint density at radius 1 is 1.36 bits per heavy atom. The van der Waals surface area contributed by atoms with E-state index in [0.29, 0.717) is 5.92 Å². The summed E-state index contributed by atoms with van der Waals surface area (Å²) in [5.41, 5.74) is 4.90. The van der Waals surface area contributed by atoms with Crippen molar-refractivity contribution in [3.63, 3.8) is 0 Å². The number of hydrogen-bond donors (Lipinski definition) is 1.